The smallest absolute Gasteiger partial charge is 0.317 e. The predicted molar refractivity (Wildman–Crippen MR) is 83.5 cm³/mol. The van der Waals surface area contributed by atoms with Crippen LogP contribution in [0.2, 0.25) is 0 Å². The molecule has 7 heteroatoms. The zero-order valence-electron chi connectivity index (χ0n) is 13.3. The Labute approximate surface area is 131 Å². The van der Waals surface area contributed by atoms with Gasteiger partial charge in [-0.3, -0.25) is 0 Å². The van der Waals surface area contributed by atoms with Gasteiger partial charge in [-0.25, -0.2) is 14.8 Å². The van der Waals surface area contributed by atoms with Gasteiger partial charge in [-0.1, -0.05) is 13.8 Å². The van der Waals surface area contributed by atoms with Crippen molar-refractivity contribution >= 4 is 12.0 Å². The van der Waals surface area contributed by atoms with Crippen molar-refractivity contribution in [2.75, 3.05) is 37.6 Å². The molecule has 0 unspecified atom stereocenters. The van der Waals surface area contributed by atoms with Gasteiger partial charge < -0.3 is 15.1 Å². The molecule has 0 aliphatic carbocycles. The Hall–Kier alpha value is -2.36. The van der Waals surface area contributed by atoms with E-state index >= 15 is 0 Å². The Balaban J connectivity index is 1.93. The fourth-order valence-corrected chi connectivity index (χ4v) is 2.26. The number of urea groups is 1. The number of hydrogen-bond donors (Lipinski definition) is 1. The van der Waals surface area contributed by atoms with E-state index in [1.807, 2.05) is 17.9 Å². The monoisotopic (exact) mass is 302 g/mol. The summed E-state index contributed by atoms with van der Waals surface area (Å²) in [4.78, 5) is 24.5. The Morgan fingerprint density at radius 2 is 2.05 bits per heavy atom. The third kappa shape index (κ3) is 4.07. The number of nitrogens with zero attached hydrogens (tertiary/aromatic N) is 5. The molecule has 118 valence electrons. The summed E-state index contributed by atoms with van der Waals surface area (Å²) in [7, 11) is 0. The Kier molecular flexibility index (Phi) is 5.15. The summed E-state index contributed by atoms with van der Waals surface area (Å²) in [6, 6.07) is 3.70. The molecule has 1 aromatic rings. The maximum atomic E-state index is 12.0. The summed E-state index contributed by atoms with van der Waals surface area (Å²) in [5.74, 6) is 1.01. The first kappa shape index (κ1) is 16.0. The largest absolute Gasteiger partial charge is 0.338 e. The van der Waals surface area contributed by atoms with Gasteiger partial charge in [-0.2, -0.15) is 5.26 Å². The number of hydrogen-bond acceptors (Lipinski definition) is 5. The second kappa shape index (κ2) is 7.07. The Bertz CT molecular complexity index is 572. The molecule has 2 rings (SSSR count). The van der Waals surface area contributed by atoms with Gasteiger partial charge in [0.2, 0.25) is 5.95 Å². The van der Waals surface area contributed by atoms with Crippen LogP contribution >= 0.6 is 0 Å². The third-order valence-electron chi connectivity index (χ3n) is 3.47. The molecule has 2 heterocycles. The van der Waals surface area contributed by atoms with Crippen LogP contribution < -0.4 is 10.2 Å². The van der Waals surface area contributed by atoms with Gasteiger partial charge in [0.25, 0.3) is 0 Å². The maximum Gasteiger partial charge on any atom is 0.317 e. The number of nitrogens with one attached hydrogen (secondary N) is 1. The number of amides is 2. The van der Waals surface area contributed by atoms with Gasteiger partial charge in [0.05, 0.1) is 0 Å². The highest BCUT2D eigenvalue weighted by Gasteiger charge is 2.22. The van der Waals surface area contributed by atoms with Gasteiger partial charge in [0.15, 0.2) is 0 Å². The molecule has 0 radical (unpaired) electrons. The molecule has 0 spiro atoms. The van der Waals surface area contributed by atoms with Gasteiger partial charge >= 0.3 is 6.03 Å². The molecule has 1 aliphatic heterocycles. The van der Waals surface area contributed by atoms with Gasteiger partial charge in [-0.15, -0.1) is 0 Å². The van der Waals surface area contributed by atoms with Crippen LogP contribution in [0.4, 0.5) is 10.7 Å². The average molecular weight is 302 g/mol. The highest BCUT2D eigenvalue weighted by molar-refractivity contribution is 5.74. The quantitative estimate of drug-likeness (QED) is 0.905. The summed E-state index contributed by atoms with van der Waals surface area (Å²) in [6.45, 7) is 9.27. The van der Waals surface area contributed by atoms with E-state index in [0.717, 1.165) is 5.69 Å². The van der Waals surface area contributed by atoms with Crippen LogP contribution in [0.1, 0.15) is 25.2 Å². The summed E-state index contributed by atoms with van der Waals surface area (Å²) < 4.78 is 0. The molecule has 1 fully saturated rings. The van der Waals surface area contributed by atoms with Crippen LogP contribution in [0.5, 0.6) is 0 Å². The molecule has 0 aromatic carbocycles. The molecule has 7 nitrogen and oxygen atoms in total. The van der Waals surface area contributed by atoms with Crippen LogP contribution in [-0.4, -0.2) is 53.6 Å². The second-order valence-corrected chi connectivity index (χ2v) is 5.86. The van der Waals surface area contributed by atoms with Gasteiger partial charge in [0, 0.05) is 38.4 Å². The molecule has 0 bridgehead atoms. The Morgan fingerprint density at radius 1 is 1.36 bits per heavy atom. The van der Waals surface area contributed by atoms with Crippen molar-refractivity contribution in [2.24, 2.45) is 5.92 Å². The van der Waals surface area contributed by atoms with Crippen LogP contribution in [0.25, 0.3) is 0 Å². The topological polar surface area (TPSA) is 85.2 Å². The molecule has 2 amide bonds. The summed E-state index contributed by atoms with van der Waals surface area (Å²) >= 11 is 0. The first-order chi connectivity index (χ1) is 10.5. The minimum Gasteiger partial charge on any atom is -0.338 e. The van der Waals surface area contributed by atoms with Crippen molar-refractivity contribution in [2.45, 2.75) is 20.8 Å². The van der Waals surface area contributed by atoms with E-state index < -0.39 is 0 Å². The molecule has 1 N–H and O–H groups in total. The number of aryl methyl sites for hydroxylation is 1. The highest BCUT2D eigenvalue weighted by atomic mass is 16.2. The van der Waals surface area contributed by atoms with Crippen molar-refractivity contribution in [1.82, 2.24) is 20.2 Å². The number of carbonyl (C=O) groups excluding carboxylic acids is 1. The van der Waals surface area contributed by atoms with Crippen LogP contribution in [-0.2, 0) is 0 Å². The van der Waals surface area contributed by atoms with E-state index in [-0.39, 0.29) is 6.03 Å². The molecule has 1 aliphatic rings. The molecule has 1 aromatic heterocycles. The van der Waals surface area contributed by atoms with E-state index in [0.29, 0.717) is 50.3 Å². The number of carbonyl (C=O) groups is 1. The lowest BCUT2D eigenvalue weighted by atomic mass is 10.2. The van der Waals surface area contributed by atoms with Crippen molar-refractivity contribution < 1.29 is 4.79 Å². The number of anilines is 1. The number of piperazine rings is 1. The molecular formula is C15H22N6O. The van der Waals surface area contributed by atoms with E-state index in [2.05, 4.69) is 29.1 Å². The summed E-state index contributed by atoms with van der Waals surface area (Å²) in [5, 5.41) is 11.9. The first-order valence-electron chi connectivity index (χ1n) is 7.53. The third-order valence-corrected chi connectivity index (χ3v) is 3.47. The number of nitriles is 1. The molecule has 22 heavy (non-hydrogen) atoms. The van der Waals surface area contributed by atoms with Gasteiger partial charge in [-0.05, 0) is 18.9 Å². The first-order valence-corrected chi connectivity index (χ1v) is 7.53. The fraction of sp³-hybridized carbons (Fsp3) is 0.600. The van der Waals surface area contributed by atoms with Gasteiger partial charge in [0.1, 0.15) is 11.8 Å². The van der Waals surface area contributed by atoms with Crippen LogP contribution in [0.15, 0.2) is 6.07 Å². The van der Waals surface area contributed by atoms with Crippen LogP contribution in [0.3, 0.4) is 0 Å². The van der Waals surface area contributed by atoms with Crippen molar-refractivity contribution in [3.63, 3.8) is 0 Å². The normalized spacial score (nSPS) is 14.9. The standard InChI is InChI=1S/C15H22N6O/c1-11(2)10-17-15(22)21-6-4-20(5-7-21)14-18-12(3)8-13(9-16)19-14/h8,11H,4-7,10H2,1-3H3,(H,17,22). The average Bonchev–Trinajstić information content (AvgIpc) is 2.52. The fourth-order valence-electron chi connectivity index (χ4n) is 2.26. The highest BCUT2D eigenvalue weighted by Crippen LogP contribution is 2.13. The SMILES string of the molecule is Cc1cc(C#N)nc(N2CCN(C(=O)NCC(C)C)CC2)n1. The lowest BCUT2D eigenvalue weighted by Gasteiger charge is -2.34. The molecule has 1 saturated heterocycles. The van der Waals surface area contributed by atoms with Crippen molar-refractivity contribution in [3.05, 3.63) is 17.5 Å². The zero-order chi connectivity index (χ0) is 16.1. The van der Waals surface area contributed by atoms with Crippen molar-refractivity contribution in [1.29, 1.82) is 5.26 Å². The van der Waals surface area contributed by atoms with E-state index in [1.165, 1.54) is 0 Å². The molecule has 0 saturated carbocycles. The summed E-state index contributed by atoms with van der Waals surface area (Å²) in [5.41, 5.74) is 1.15. The number of rotatable bonds is 3. The zero-order valence-corrected chi connectivity index (χ0v) is 13.3. The minimum absolute atomic E-state index is 0.0174. The van der Waals surface area contributed by atoms with E-state index in [9.17, 15) is 4.79 Å². The second-order valence-electron chi connectivity index (χ2n) is 5.86. The Morgan fingerprint density at radius 3 is 2.64 bits per heavy atom. The molecule has 0 atom stereocenters. The minimum atomic E-state index is -0.0174. The summed E-state index contributed by atoms with van der Waals surface area (Å²) in [6.07, 6.45) is 0. The lowest BCUT2D eigenvalue weighted by Crippen LogP contribution is -2.52. The lowest BCUT2D eigenvalue weighted by molar-refractivity contribution is 0.193. The van der Waals surface area contributed by atoms with Crippen LogP contribution in [0, 0.1) is 24.2 Å². The maximum absolute atomic E-state index is 12.0. The number of aromatic nitrogens is 2. The van der Waals surface area contributed by atoms with Crippen molar-refractivity contribution in [3.8, 4) is 6.07 Å². The molecular weight excluding hydrogens is 280 g/mol. The van der Waals surface area contributed by atoms with E-state index in [4.69, 9.17) is 5.26 Å². The van der Waals surface area contributed by atoms with E-state index in [1.54, 1.807) is 11.0 Å². The predicted octanol–water partition coefficient (Wildman–Crippen LogP) is 1.14.